The number of carboxylic acid groups (broad SMARTS) is 1. The van der Waals surface area contributed by atoms with E-state index >= 15 is 0 Å². The molecule has 2 N–H and O–H groups in total. The molecule has 1 amide bonds. The van der Waals surface area contributed by atoms with Gasteiger partial charge in [0.15, 0.2) is 0 Å². The van der Waals surface area contributed by atoms with Crippen LogP contribution in [-0.4, -0.2) is 65.3 Å². The molecule has 2 aliphatic heterocycles. The lowest BCUT2D eigenvalue weighted by molar-refractivity contribution is 0.0258. The monoisotopic (exact) mass is 227 g/mol. The Morgan fingerprint density at radius 3 is 2.38 bits per heavy atom. The minimum Gasteiger partial charge on any atom is -0.465 e. The molecule has 3 atom stereocenters. The second-order valence-corrected chi connectivity index (χ2v) is 4.99. The van der Waals surface area contributed by atoms with Crippen molar-refractivity contribution in [2.24, 2.45) is 0 Å². The van der Waals surface area contributed by atoms with Crippen molar-refractivity contribution in [1.82, 2.24) is 15.1 Å². The van der Waals surface area contributed by atoms with Crippen LogP contribution in [0.1, 0.15) is 20.3 Å². The number of nitrogens with one attached hydrogen (secondary N) is 1. The summed E-state index contributed by atoms with van der Waals surface area (Å²) < 4.78 is 0. The average Bonchev–Trinajstić information content (AvgIpc) is 2.67. The lowest BCUT2D eigenvalue weighted by Crippen LogP contribution is -2.60. The first-order chi connectivity index (χ1) is 7.59. The maximum absolute atomic E-state index is 11.1. The molecule has 0 bridgehead atoms. The van der Waals surface area contributed by atoms with E-state index in [2.05, 4.69) is 10.2 Å². The molecule has 2 rings (SSSR count). The molecular weight excluding hydrogens is 206 g/mol. The van der Waals surface area contributed by atoms with Gasteiger partial charge in [-0.1, -0.05) is 0 Å². The Morgan fingerprint density at radius 2 is 1.94 bits per heavy atom. The van der Waals surface area contributed by atoms with Crippen LogP contribution in [-0.2, 0) is 0 Å². The smallest absolute Gasteiger partial charge is 0.407 e. The fourth-order valence-corrected chi connectivity index (χ4v) is 2.99. The fourth-order valence-electron chi connectivity index (χ4n) is 2.99. The summed E-state index contributed by atoms with van der Waals surface area (Å²) in [6.45, 7) is 7.86. The highest BCUT2D eigenvalue weighted by Gasteiger charge is 2.35. The zero-order valence-electron chi connectivity index (χ0n) is 10.0. The van der Waals surface area contributed by atoms with Gasteiger partial charge in [-0.3, -0.25) is 4.90 Å². The first kappa shape index (κ1) is 11.7. The van der Waals surface area contributed by atoms with E-state index < -0.39 is 6.09 Å². The van der Waals surface area contributed by atoms with Crippen molar-refractivity contribution >= 4 is 6.09 Å². The quantitative estimate of drug-likeness (QED) is 0.682. The van der Waals surface area contributed by atoms with E-state index in [1.54, 1.807) is 4.90 Å². The maximum Gasteiger partial charge on any atom is 0.407 e. The Balaban J connectivity index is 1.99. The van der Waals surface area contributed by atoms with Gasteiger partial charge in [-0.15, -0.1) is 0 Å². The zero-order chi connectivity index (χ0) is 11.7. The van der Waals surface area contributed by atoms with Crippen molar-refractivity contribution in [3.8, 4) is 0 Å². The third-order valence-corrected chi connectivity index (χ3v) is 3.72. The normalized spacial score (nSPS) is 36.6. The highest BCUT2D eigenvalue weighted by atomic mass is 16.4. The molecule has 0 spiro atoms. The number of amides is 1. The molecule has 2 heterocycles. The van der Waals surface area contributed by atoms with Crippen LogP contribution in [0.15, 0.2) is 0 Å². The van der Waals surface area contributed by atoms with Gasteiger partial charge in [0.1, 0.15) is 0 Å². The molecule has 5 nitrogen and oxygen atoms in total. The Morgan fingerprint density at radius 1 is 1.31 bits per heavy atom. The van der Waals surface area contributed by atoms with Gasteiger partial charge in [0.25, 0.3) is 0 Å². The summed E-state index contributed by atoms with van der Waals surface area (Å²) in [5.41, 5.74) is 0. The molecule has 0 saturated carbocycles. The Kier molecular flexibility index (Phi) is 3.35. The number of carbonyl (C=O) groups is 1. The lowest BCUT2D eigenvalue weighted by Gasteiger charge is -2.45. The van der Waals surface area contributed by atoms with Crippen molar-refractivity contribution in [3.05, 3.63) is 0 Å². The van der Waals surface area contributed by atoms with Crippen LogP contribution in [0.4, 0.5) is 4.79 Å². The predicted molar refractivity (Wildman–Crippen MR) is 61.6 cm³/mol. The SMILES string of the molecule is CC1CN([C@@H]2CCNC2)C[C@H](C)N1C(=O)O. The molecule has 92 valence electrons. The summed E-state index contributed by atoms with van der Waals surface area (Å²) in [6, 6.07) is 0.796. The van der Waals surface area contributed by atoms with E-state index in [-0.39, 0.29) is 12.1 Å². The van der Waals surface area contributed by atoms with Crippen LogP contribution in [0.25, 0.3) is 0 Å². The van der Waals surface area contributed by atoms with E-state index in [0.29, 0.717) is 6.04 Å². The first-order valence-electron chi connectivity index (χ1n) is 6.05. The van der Waals surface area contributed by atoms with E-state index in [4.69, 9.17) is 5.11 Å². The molecule has 1 unspecified atom stereocenters. The van der Waals surface area contributed by atoms with E-state index in [0.717, 1.165) is 26.2 Å². The van der Waals surface area contributed by atoms with Crippen LogP contribution < -0.4 is 5.32 Å². The molecule has 16 heavy (non-hydrogen) atoms. The molecular formula is C11H21N3O2. The summed E-state index contributed by atoms with van der Waals surface area (Å²) in [7, 11) is 0. The third-order valence-electron chi connectivity index (χ3n) is 3.72. The van der Waals surface area contributed by atoms with Gasteiger partial charge in [0, 0.05) is 37.8 Å². The first-order valence-corrected chi connectivity index (χ1v) is 6.05. The number of hydrogen-bond donors (Lipinski definition) is 2. The molecule has 0 aliphatic carbocycles. The average molecular weight is 227 g/mol. The molecule has 2 saturated heterocycles. The number of nitrogens with zero attached hydrogens (tertiary/aromatic N) is 2. The number of rotatable bonds is 1. The van der Waals surface area contributed by atoms with E-state index in [1.165, 1.54) is 6.42 Å². The standard InChI is InChI=1S/C11H21N3O2/c1-8-6-13(10-3-4-12-5-10)7-9(2)14(8)11(15)16/h8-10,12H,3-7H2,1-2H3,(H,15,16)/t8-,9?,10+/m0/s1. The van der Waals surface area contributed by atoms with Crippen molar-refractivity contribution < 1.29 is 9.90 Å². The Hall–Kier alpha value is -0.810. The maximum atomic E-state index is 11.1. The molecule has 0 radical (unpaired) electrons. The third kappa shape index (κ3) is 2.15. The summed E-state index contributed by atoms with van der Waals surface area (Å²) in [6.07, 6.45) is 0.399. The molecule has 2 fully saturated rings. The second kappa shape index (κ2) is 4.59. The van der Waals surface area contributed by atoms with E-state index in [9.17, 15) is 4.79 Å². The number of hydrogen-bond acceptors (Lipinski definition) is 3. The van der Waals surface area contributed by atoms with Crippen molar-refractivity contribution in [2.45, 2.75) is 38.4 Å². The van der Waals surface area contributed by atoms with Crippen LogP contribution in [0.3, 0.4) is 0 Å². The van der Waals surface area contributed by atoms with Crippen LogP contribution in [0, 0.1) is 0 Å². The van der Waals surface area contributed by atoms with Crippen molar-refractivity contribution in [1.29, 1.82) is 0 Å². The Bertz CT molecular complexity index is 254. The highest BCUT2D eigenvalue weighted by molar-refractivity contribution is 5.66. The van der Waals surface area contributed by atoms with Gasteiger partial charge >= 0.3 is 6.09 Å². The molecule has 0 aromatic rings. The van der Waals surface area contributed by atoms with E-state index in [1.807, 2.05) is 13.8 Å². The second-order valence-electron chi connectivity index (χ2n) is 4.99. The minimum absolute atomic E-state index is 0.0989. The van der Waals surface area contributed by atoms with Crippen LogP contribution in [0.5, 0.6) is 0 Å². The highest BCUT2D eigenvalue weighted by Crippen LogP contribution is 2.20. The molecule has 5 heteroatoms. The number of piperazine rings is 1. The predicted octanol–water partition coefficient (Wildman–Crippen LogP) is 0.421. The fraction of sp³-hybridized carbons (Fsp3) is 0.909. The topological polar surface area (TPSA) is 55.8 Å². The minimum atomic E-state index is -0.788. The van der Waals surface area contributed by atoms with Gasteiger partial charge in [-0.05, 0) is 26.8 Å². The largest absolute Gasteiger partial charge is 0.465 e. The summed E-state index contributed by atoms with van der Waals surface area (Å²) in [5, 5.41) is 12.5. The summed E-state index contributed by atoms with van der Waals surface area (Å²) in [4.78, 5) is 15.1. The molecule has 0 aromatic carbocycles. The summed E-state index contributed by atoms with van der Waals surface area (Å²) in [5.74, 6) is 0. The van der Waals surface area contributed by atoms with Crippen molar-refractivity contribution in [2.75, 3.05) is 26.2 Å². The Labute approximate surface area is 96.4 Å². The zero-order valence-corrected chi connectivity index (χ0v) is 10.0. The van der Waals surface area contributed by atoms with Crippen LogP contribution >= 0.6 is 0 Å². The van der Waals surface area contributed by atoms with Gasteiger partial charge in [0.05, 0.1) is 0 Å². The molecule has 0 aromatic heterocycles. The van der Waals surface area contributed by atoms with Gasteiger partial charge in [0.2, 0.25) is 0 Å². The summed E-state index contributed by atoms with van der Waals surface area (Å²) >= 11 is 0. The van der Waals surface area contributed by atoms with Gasteiger partial charge in [-0.2, -0.15) is 0 Å². The van der Waals surface area contributed by atoms with Crippen LogP contribution in [0.2, 0.25) is 0 Å². The van der Waals surface area contributed by atoms with Gasteiger partial charge in [-0.25, -0.2) is 4.79 Å². The lowest BCUT2D eigenvalue weighted by atomic mass is 10.1. The van der Waals surface area contributed by atoms with Crippen molar-refractivity contribution in [3.63, 3.8) is 0 Å². The van der Waals surface area contributed by atoms with Gasteiger partial charge < -0.3 is 15.3 Å². The molecule has 2 aliphatic rings.